The second-order valence-corrected chi connectivity index (χ2v) is 9.68. The minimum atomic E-state index is -1.01. The zero-order chi connectivity index (χ0) is 26.4. The number of hydrogen-bond acceptors (Lipinski definition) is 5. The molecule has 1 aliphatic heterocycles. The Kier molecular flexibility index (Phi) is 9.52. The van der Waals surface area contributed by atoms with Gasteiger partial charge in [-0.3, -0.25) is 0 Å². The number of aryl methyl sites for hydroxylation is 1. The Morgan fingerprint density at radius 1 is 1.29 bits per heavy atom. The third-order valence-electron chi connectivity index (χ3n) is 5.89. The topological polar surface area (TPSA) is 91.2 Å². The Morgan fingerprint density at radius 3 is 2.54 bits per heavy atom. The van der Waals surface area contributed by atoms with E-state index in [0.717, 1.165) is 11.1 Å². The highest BCUT2D eigenvalue weighted by Gasteiger charge is 2.32. The van der Waals surface area contributed by atoms with Crippen molar-refractivity contribution in [2.24, 2.45) is 10.4 Å². The quantitative estimate of drug-likeness (QED) is 0.460. The van der Waals surface area contributed by atoms with E-state index in [0.29, 0.717) is 29.3 Å². The minimum Gasteiger partial charge on any atom is -0.478 e. The van der Waals surface area contributed by atoms with E-state index in [1.54, 1.807) is 32.9 Å². The number of amidine groups is 1. The predicted molar refractivity (Wildman–Crippen MR) is 143 cm³/mol. The number of ether oxygens (including phenoxy) is 1. The number of benzene rings is 1. The van der Waals surface area contributed by atoms with Gasteiger partial charge in [0.15, 0.2) is 0 Å². The van der Waals surface area contributed by atoms with Gasteiger partial charge in [0.1, 0.15) is 5.75 Å². The minimum absolute atomic E-state index is 0.180. The van der Waals surface area contributed by atoms with Gasteiger partial charge in [-0.2, -0.15) is 0 Å². The number of halogens is 1. The van der Waals surface area contributed by atoms with E-state index in [4.69, 9.17) is 16.3 Å². The SMILES string of the molecule is CC.Cc1ccc(OC2=NC/C=C(C3(C)C=CC(C(C)(C)O)=CC3)\C(Cl)=C/C(C)N2)cc1C(=O)O. The van der Waals surface area contributed by atoms with Crippen LogP contribution in [0.1, 0.15) is 63.9 Å². The van der Waals surface area contributed by atoms with Gasteiger partial charge < -0.3 is 20.3 Å². The summed E-state index contributed by atoms with van der Waals surface area (Å²) in [5, 5.41) is 23.5. The van der Waals surface area contributed by atoms with Crippen molar-refractivity contribution in [3.05, 3.63) is 75.9 Å². The van der Waals surface area contributed by atoms with Crippen LogP contribution in [0.25, 0.3) is 0 Å². The van der Waals surface area contributed by atoms with Crippen molar-refractivity contribution in [1.29, 1.82) is 0 Å². The highest BCUT2D eigenvalue weighted by molar-refractivity contribution is 6.32. The van der Waals surface area contributed by atoms with Crippen LogP contribution in [0.3, 0.4) is 0 Å². The van der Waals surface area contributed by atoms with E-state index >= 15 is 0 Å². The zero-order valence-corrected chi connectivity index (χ0v) is 22.4. The Morgan fingerprint density at radius 2 is 1.97 bits per heavy atom. The van der Waals surface area contributed by atoms with Gasteiger partial charge >= 0.3 is 5.97 Å². The number of carboxylic acid groups (broad SMARTS) is 1. The van der Waals surface area contributed by atoms with Gasteiger partial charge in [0.2, 0.25) is 0 Å². The van der Waals surface area contributed by atoms with Gasteiger partial charge in [0.25, 0.3) is 6.02 Å². The van der Waals surface area contributed by atoms with Gasteiger partial charge in [-0.25, -0.2) is 9.79 Å². The molecule has 0 radical (unpaired) electrons. The summed E-state index contributed by atoms with van der Waals surface area (Å²) < 4.78 is 5.88. The first-order valence-electron chi connectivity index (χ1n) is 11.9. The van der Waals surface area contributed by atoms with E-state index in [2.05, 4.69) is 29.4 Å². The van der Waals surface area contributed by atoms with Crippen molar-refractivity contribution in [3.8, 4) is 5.75 Å². The number of hydrogen-bond donors (Lipinski definition) is 3. The van der Waals surface area contributed by atoms with E-state index in [-0.39, 0.29) is 23.0 Å². The number of rotatable bonds is 4. The van der Waals surface area contributed by atoms with Gasteiger partial charge in [0.05, 0.1) is 17.7 Å². The van der Waals surface area contributed by atoms with Crippen LogP contribution in [0.15, 0.2) is 69.8 Å². The number of aromatic carboxylic acids is 1. The molecule has 0 aromatic heterocycles. The molecule has 6 nitrogen and oxygen atoms in total. The smallest absolute Gasteiger partial charge is 0.336 e. The molecule has 0 bridgehead atoms. The number of aliphatic imine (C=N–C) groups is 1. The van der Waals surface area contributed by atoms with E-state index in [1.807, 2.05) is 39.0 Å². The molecule has 0 saturated carbocycles. The lowest BCUT2D eigenvalue weighted by atomic mass is 9.73. The van der Waals surface area contributed by atoms with Gasteiger partial charge in [-0.05, 0) is 69.0 Å². The number of aliphatic hydroxyl groups is 1. The van der Waals surface area contributed by atoms with E-state index < -0.39 is 11.6 Å². The Bertz CT molecular complexity index is 1090. The van der Waals surface area contributed by atoms with Crippen LogP contribution >= 0.6 is 11.6 Å². The van der Waals surface area contributed by atoms with Crippen LogP contribution < -0.4 is 10.1 Å². The largest absolute Gasteiger partial charge is 0.478 e. The lowest BCUT2D eigenvalue weighted by molar-refractivity contribution is 0.0695. The summed E-state index contributed by atoms with van der Waals surface area (Å²) in [6, 6.07) is 5.02. The molecule has 0 fully saturated rings. The molecule has 7 heteroatoms. The highest BCUT2D eigenvalue weighted by atomic mass is 35.5. The lowest BCUT2D eigenvalue weighted by Gasteiger charge is -2.33. The Hall–Kier alpha value is -2.83. The molecule has 2 unspecified atom stereocenters. The first-order valence-corrected chi connectivity index (χ1v) is 12.3. The second-order valence-electron chi connectivity index (χ2n) is 9.27. The normalized spacial score (nSPS) is 25.5. The molecule has 1 heterocycles. The van der Waals surface area contributed by atoms with Crippen LogP contribution in [0.2, 0.25) is 0 Å². The monoisotopic (exact) mass is 500 g/mol. The molecule has 3 rings (SSSR count). The van der Waals surface area contributed by atoms with Crippen LogP contribution in [-0.2, 0) is 0 Å². The molecule has 2 aliphatic rings. The molecular weight excluding hydrogens is 464 g/mol. The van der Waals surface area contributed by atoms with Gasteiger partial charge in [0, 0.05) is 16.5 Å². The van der Waals surface area contributed by atoms with Crippen molar-refractivity contribution in [2.45, 2.75) is 66.5 Å². The molecule has 190 valence electrons. The summed E-state index contributed by atoms with van der Waals surface area (Å²) in [5.74, 6) is -0.616. The number of nitrogens with zero attached hydrogens (tertiary/aromatic N) is 1. The molecule has 3 N–H and O–H groups in total. The molecular formula is C28H37ClN2O4. The lowest BCUT2D eigenvalue weighted by Crippen LogP contribution is -2.35. The van der Waals surface area contributed by atoms with E-state index in [1.165, 1.54) is 6.07 Å². The van der Waals surface area contributed by atoms with E-state index in [9.17, 15) is 15.0 Å². The summed E-state index contributed by atoms with van der Waals surface area (Å²) in [5.41, 5.74) is 1.45. The second kappa shape index (κ2) is 11.7. The predicted octanol–water partition coefficient (Wildman–Crippen LogP) is 6.16. The molecule has 2 atom stereocenters. The molecule has 35 heavy (non-hydrogen) atoms. The third-order valence-corrected chi connectivity index (χ3v) is 6.22. The van der Waals surface area contributed by atoms with Gasteiger partial charge in [-0.15, -0.1) is 0 Å². The van der Waals surface area contributed by atoms with Crippen molar-refractivity contribution in [3.63, 3.8) is 0 Å². The van der Waals surface area contributed by atoms with Crippen molar-refractivity contribution in [1.82, 2.24) is 5.32 Å². The van der Waals surface area contributed by atoms with Crippen LogP contribution in [0, 0.1) is 12.3 Å². The molecule has 0 amide bonds. The molecule has 0 saturated heterocycles. The summed E-state index contributed by atoms with van der Waals surface area (Å²) in [6.07, 6.45) is 10.7. The first-order chi connectivity index (χ1) is 16.4. The Labute approximate surface area is 213 Å². The summed E-state index contributed by atoms with van der Waals surface area (Å²) >= 11 is 6.75. The van der Waals surface area contributed by atoms with Crippen molar-refractivity contribution >= 4 is 23.6 Å². The maximum atomic E-state index is 11.4. The number of carbonyl (C=O) groups is 1. The number of allylic oxidation sites excluding steroid dienone is 4. The number of nitrogens with one attached hydrogen (secondary N) is 1. The van der Waals surface area contributed by atoms with Crippen molar-refractivity contribution < 1.29 is 19.7 Å². The average Bonchev–Trinajstić information content (AvgIpc) is 2.84. The van der Waals surface area contributed by atoms with Crippen LogP contribution in [-0.4, -0.2) is 40.4 Å². The maximum Gasteiger partial charge on any atom is 0.336 e. The third kappa shape index (κ3) is 7.33. The summed E-state index contributed by atoms with van der Waals surface area (Å²) in [6.45, 7) is 13.7. The van der Waals surface area contributed by atoms with Crippen LogP contribution in [0.4, 0.5) is 0 Å². The first kappa shape index (κ1) is 28.4. The average molecular weight is 501 g/mol. The van der Waals surface area contributed by atoms with Crippen LogP contribution in [0.5, 0.6) is 5.75 Å². The molecule has 0 spiro atoms. The van der Waals surface area contributed by atoms with Crippen molar-refractivity contribution in [2.75, 3.05) is 6.54 Å². The fourth-order valence-corrected chi connectivity index (χ4v) is 4.35. The number of carboxylic acids is 1. The summed E-state index contributed by atoms with van der Waals surface area (Å²) in [7, 11) is 0. The zero-order valence-electron chi connectivity index (χ0n) is 21.6. The highest BCUT2D eigenvalue weighted by Crippen LogP contribution is 2.43. The summed E-state index contributed by atoms with van der Waals surface area (Å²) in [4.78, 5) is 16.0. The molecule has 1 aliphatic carbocycles. The fourth-order valence-electron chi connectivity index (χ4n) is 3.87. The molecule has 1 aromatic carbocycles. The Balaban J connectivity index is 0.00000210. The maximum absolute atomic E-state index is 11.4. The fraction of sp³-hybridized carbons (Fsp3) is 0.429. The standard InChI is InChI=1S/C26H31ClN2O4.C2H6/c1-16-6-7-19(15-20(16)23(30)31)33-24-28-13-10-21(22(27)14-17(2)29-24)26(5)11-8-18(9-12-26)25(3,4)32;1-2/h6-11,14-15,17,32H,12-13H2,1-5H3,(H,28,29)(H,30,31);1-2H3/b21-10+,22-14+;. The van der Waals surface area contributed by atoms with Gasteiger partial charge in [-0.1, -0.05) is 62.7 Å². The molecule has 1 aromatic rings.